The van der Waals surface area contributed by atoms with Gasteiger partial charge in [-0.25, -0.2) is 4.79 Å². The molecule has 0 saturated carbocycles. The first kappa shape index (κ1) is 20.5. The maximum absolute atomic E-state index is 13.4. The molecule has 1 N–H and O–H groups in total. The number of carbonyl (C=O) groups is 2. The number of carbonyl (C=O) groups excluding carboxylic acids is 2. The van der Waals surface area contributed by atoms with Crippen LogP contribution in [0.5, 0.6) is 0 Å². The summed E-state index contributed by atoms with van der Waals surface area (Å²) in [5.41, 5.74) is 2.09. The molecule has 1 aromatic heterocycles. The average Bonchev–Trinajstić information content (AvgIpc) is 3.36. The molecule has 160 valence electrons. The highest BCUT2D eigenvalue weighted by molar-refractivity contribution is 6.04. The molecule has 0 radical (unpaired) electrons. The Balaban J connectivity index is 1.60. The van der Waals surface area contributed by atoms with Gasteiger partial charge in [0.25, 0.3) is 5.91 Å². The smallest absolute Gasteiger partial charge is 0.322 e. The fraction of sp³-hybridized carbons (Fsp3) is 0.500. The molecule has 3 heterocycles. The van der Waals surface area contributed by atoms with Crippen LogP contribution in [0, 0.1) is 13.8 Å². The Bertz CT molecular complexity index is 914. The maximum atomic E-state index is 13.4. The molecule has 0 bridgehead atoms. The van der Waals surface area contributed by atoms with E-state index in [1.54, 1.807) is 0 Å². The van der Waals surface area contributed by atoms with Gasteiger partial charge in [-0.15, -0.1) is 0 Å². The molecule has 6 nitrogen and oxygen atoms in total. The molecule has 2 saturated heterocycles. The third kappa shape index (κ3) is 4.23. The molecule has 4 rings (SSSR count). The number of nitrogens with one attached hydrogen (secondary N) is 1. The summed E-state index contributed by atoms with van der Waals surface area (Å²) in [6.45, 7) is 6.11. The fourth-order valence-corrected chi connectivity index (χ4v) is 4.56. The number of para-hydroxylation sites is 1. The van der Waals surface area contributed by atoms with Crippen LogP contribution < -0.4 is 5.32 Å². The van der Waals surface area contributed by atoms with Gasteiger partial charge in [0.15, 0.2) is 0 Å². The first-order valence-electron chi connectivity index (χ1n) is 11.1. The van der Waals surface area contributed by atoms with Gasteiger partial charge in [0.05, 0.1) is 17.3 Å². The lowest BCUT2D eigenvalue weighted by Gasteiger charge is -2.29. The molecule has 0 aliphatic carbocycles. The van der Waals surface area contributed by atoms with E-state index in [1.165, 1.54) is 0 Å². The number of likely N-dealkylation sites (tertiary alicyclic amines) is 2. The molecule has 1 aromatic carbocycles. The summed E-state index contributed by atoms with van der Waals surface area (Å²) in [6, 6.07) is 9.31. The van der Waals surface area contributed by atoms with Crippen molar-refractivity contribution in [1.29, 1.82) is 0 Å². The van der Waals surface area contributed by atoms with Crippen LogP contribution in [0.2, 0.25) is 0 Å². The molecule has 0 spiro atoms. The third-order valence-electron chi connectivity index (χ3n) is 6.23. The van der Waals surface area contributed by atoms with Crippen LogP contribution in [0.4, 0.5) is 10.5 Å². The molecule has 2 aliphatic heterocycles. The standard InChI is InChI=1S/C24H31N3O3/c1-17-9-8-10-19(23(28)26-14-6-7-15-26)22(17)25-24(29)27-16-5-3-4-11-20(27)21-13-12-18(2)30-21/h8-10,12-13,20H,3-7,11,14-16H2,1-2H3,(H,25,29). The number of hydrogen-bond acceptors (Lipinski definition) is 3. The van der Waals surface area contributed by atoms with Crippen LogP contribution in [0.25, 0.3) is 0 Å². The number of rotatable bonds is 3. The Labute approximate surface area is 178 Å². The number of urea groups is 1. The van der Waals surface area contributed by atoms with Gasteiger partial charge in [-0.05, 0) is 63.3 Å². The van der Waals surface area contributed by atoms with E-state index in [1.807, 2.05) is 54.0 Å². The summed E-state index contributed by atoms with van der Waals surface area (Å²) >= 11 is 0. The van der Waals surface area contributed by atoms with E-state index in [2.05, 4.69) is 5.32 Å². The lowest BCUT2D eigenvalue weighted by atomic mass is 10.1. The SMILES string of the molecule is Cc1ccc(C2CCCCCN2C(=O)Nc2c(C)cccc2C(=O)N2CCCC2)o1. The zero-order chi connectivity index (χ0) is 21.1. The summed E-state index contributed by atoms with van der Waals surface area (Å²) in [4.78, 5) is 30.2. The van der Waals surface area contributed by atoms with Crippen LogP contribution >= 0.6 is 0 Å². The molecular weight excluding hydrogens is 378 g/mol. The van der Waals surface area contributed by atoms with Gasteiger partial charge in [0.2, 0.25) is 0 Å². The van der Waals surface area contributed by atoms with Crippen molar-refractivity contribution in [2.75, 3.05) is 25.0 Å². The number of benzene rings is 1. The number of amides is 3. The van der Waals surface area contributed by atoms with E-state index in [0.29, 0.717) is 17.8 Å². The largest absolute Gasteiger partial charge is 0.464 e. The molecule has 2 aromatic rings. The Morgan fingerprint density at radius 2 is 1.73 bits per heavy atom. The Morgan fingerprint density at radius 3 is 2.47 bits per heavy atom. The molecule has 2 aliphatic rings. The summed E-state index contributed by atoms with van der Waals surface area (Å²) in [5, 5.41) is 3.09. The van der Waals surface area contributed by atoms with Crippen LogP contribution in [0.1, 0.15) is 72.0 Å². The predicted octanol–water partition coefficient (Wildman–Crippen LogP) is 5.28. The van der Waals surface area contributed by atoms with Crippen LogP contribution in [0.15, 0.2) is 34.7 Å². The van der Waals surface area contributed by atoms with Gasteiger partial charge in [-0.1, -0.05) is 25.0 Å². The van der Waals surface area contributed by atoms with Crippen molar-refractivity contribution in [3.8, 4) is 0 Å². The lowest BCUT2D eigenvalue weighted by Crippen LogP contribution is -2.38. The highest BCUT2D eigenvalue weighted by Gasteiger charge is 2.30. The fourth-order valence-electron chi connectivity index (χ4n) is 4.56. The molecule has 1 atom stereocenters. The van der Waals surface area contributed by atoms with Gasteiger partial charge in [-0.3, -0.25) is 4.79 Å². The van der Waals surface area contributed by atoms with Crippen LogP contribution in [0.3, 0.4) is 0 Å². The Kier molecular flexibility index (Phi) is 6.11. The molecule has 30 heavy (non-hydrogen) atoms. The molecule has 3 amide bonds. The van der Waals surface area contributed by atoms with Gasteiger partial charge < -0.3 is 19.5 Å². The van der Waals surface area contributed by atoms with E-state index in [9.17, 15) is 9.59 Å². The number of aryl methyl sites for hydroxylation is 2. The summed E-state index contributed by atoms with van der Waals surface area (Å²) in [7, 11) is 0. The number of hydrogen-bond donors (Lipinski definition) is 1. The zero-order valence-electron chi connectivity index (χ0n) is 17.9. The van der Waals surface area contributed by atoms with Crippen molar-refractivity contribution >= 4 is 17.6 Å². The van der Waals surface area contributed by atoms with E-state index in [-0.39, 0.29) is 18.0 Å². The highest BCUT2D eigenvalue weighted by atomic mass is 16.3. The second kappa shape index (κ2) is 8.94. The predicted molar refractivity (Wildman–Crippen MR) is 117 cm³/mol. The van der Waals surface area contributed by atoms with Crippen molar-refractivity contribution in [2.24, 2.45) is 0 Å². The molecule has 2 fully saturated rings. The topological polar surface area (TPSA) is 65.8 Å². The summed E-state index contributed by atoms with van der Waals surface area (Å²) in [5.74, 6) is 1.69. The van der Waals surface area contributed by atoms with Crippen molar-refractivity contribution in [1.82, 2.24) is 9.80 Å². The quantitative estimate of drug-likeness (QED) is 0.750. The van der Waals surface area contributed by atoms with Crippen LogP contribution in [-0.4, -0.2) is 41.4 Å². The zero-order valence-corrected chi connectivity index (χ0v) is 17.9. The summed E-state index contributed by atoms with van der Waals surface area (Å²) < 4.78 is 5.88. The van der Waals surface area contributed by atoms with Gasteiger partial charge in [0.1, 0.15) is 11.5 Å². The van der Waals surface area contributed by atoms with Crippen molar-refractivity contribution in [3.05, 3.63) is 53.0 Å². The van der Waals surface area contributed by atoms with Crippen molar-refractivity contribution < 1.29 is 14.0 Å². The Hall–Kier alpha value is -2.76. The molecular formula is C24H31N3O3. The van der Waals surface area contributed by atoms with Crippen molar-refractivity contribution in [2.45, 2.75) is 58.4 Å². The van der Waals surface area contributed by atoms with E-state index < -0.39 is 0 Å². The van der Waals surface area contributed by atoms with E-state index in [4.69, 9.17) is 4.42 Å². The van der Waals surface area contributed by atoms with Gasteiger partial charge in [0, 0.05) is 19.6 Å². The maximum Gasteiger partial charge on any atom is 0.322 e. The van der Waals surface area contributed by atoms with Crippen molar-refractivity contribution in [3.63, 3.8) is 0 Å². The van der Waals surface area contributed by atoms with Gasteiger partial charge in [-0.2, -0.15) is 0 Å². The van der Waals surface area contributed by atoms with E-state index >= 15 is 0 Å². The lowest BCUT2D eigenvalue weighted by molar-refractivity contribution is 0.0793. The first-order valence-corrected chi connectivity index (χ1v) is 11.1. The second-order valence-electron chi connectivity index (χ2n) is 8.43. The minimum atomic E-state index is -0.166. The number of nitrogens with zero attached hydrogens (tertiary/aromatic N) is 2. The first-order chi connectivity index (χ1) is 14.5. The number of furan rings is 1. The normalized spacial score (nSPS) is 19.6. The minimum absolute atomic E-state index is 0.000533. The average molecular weight is 410 g/mol. The second-order valence-corrected chi connectivity index (χ2v) is 8.43. The molecule has 6 heteroatoms. The highest BCUT2D eigenvalue weighted by Crippen LogP contribution is 2.32. The van der Waals surface area contributed by atoms with E-state index in [0.717, 1.165) is 68.7 Å². The monoisotopic (exact) mass is 409 g/mol. The number of anilines is 1. The minimum Gasteiger partial charge on any atom is -0.464 e. The molecule has 1 unspecified atom stereocenters. The van der Waals surface area contributed by atoms with Gasteiger partial charge >= 0.3 is 6.03 Å². The summed E-state index contributed by atoms with van der Waals surface area (Å²) in [6.07, 6.45) is 6.10. The van der Waals surface area contributed by atoms with Crippen LogP contribution in [-0.2, 0) is 0 Å². The third-order valence-corrected chi connectivity index (χ3v) is 6.23. The Morgan fingerprint density at radius 1 is 0.967 bits per heavy atom.